The fourth-order valence-electron chi connectivity index (χ4n) is 5.02. The Morgan fingerprint density at radius 1 is 1.09 bits per heavy atom. The average molecular weight is 465 g/mol. The summed E-state index contributed by atoms with van der Waals surface area (Å²) in [5, 5.41) is 3.25. The highest BCUT2D eigenvalue weighted by atomic mass is 32.2. The maximum Gasteiger partial charge on any atom is 0.243 e. The zero-order chi connectivity index (χ0) is 23.3. The third-order valence-electron chi connectivity index (χ3n) is 6.98. The van der Waals surface area contributed by atoms with Crippen molar-refractivity contribution < 1.29 is 13.2 Å². The Morgan fingerprint density at radius 2 is 1.75 bits per heavy atom. The molecule has 0 aromatic heterocycles. The maximum atomic E-state index is 13.7. The van der Waals surface area contributed by atoms with E-state index in [1.165, 1.54) is 6.42 Å². The lowest BCUT2D eigenvalue weighted by Crippen LogP contribution is -2.49. The van der Waals surface area contributed by atoms with E-state index in [1.54, 1.807) is 10.4 Å². The highest BCUT2D eigenvalue weighted by Crippen LogP contribution is 2.24. The zero-order valence-corrected chi connectivity index (χ0v) is 21.0. The molecule has 2 aliphatic rings. The van der Waals surface area contributed by atoms with Crippen molar-refractivity contribution in [2.45, 2.75) is 70.4 Å². The molecule has 0 saturated carbocycles. The van der Waals surface area contributed by atoms with Gasteiger partial charge in [0.2, 0.25) is 15.9 Å². The van der Waals surface area contributed by atoms with Crippen molar-refractivity contribution in [2.75, 3.05) is 45.8 Å². The number of aryl methyl sites for hydroxylation is 2. The molecule has 0 unspecified atom stereocenters. The van der Waals surface area contributed by atoms with Gasteiger partial charge in [0.1, 0.15) is 0 Å². The van der Waals surface area contributed by atoms with E-state index < -0.39 is 10.0 Å². The third kappa shape index (κ3) is 6.10. The smallest absolute Gasteiger partial charge is 0.243 e. The molecule has 1 aromatic rings. The van der Waals surface area contributed by atoms with Crippen LogP contribution in [0, 0.1) is 13.8 Å². The van der Waals surface area contributed by atoms with E-state index in [-0.39, 0.29) is 18.9 Å². The van der Waals surface area contributed by atoms with Crippen LogP contribution < -0.4 is 5.32 Å². The van der Waals surface area contributed by atoms with E-state index in [9.17, 15) is 13.2 Å². The van der Waals surface area contributed by atoms with Crippen molar-refractivity contribution >= 4 is 15.9 Å². The van der Waals surface area contributed by atoms with Gasteiger partial charge in [-0.25, -0.2) is 8.42 Å². The molecule has 2 aliphatic heterocycles. The number of nitrogens with one attached hydrogen (secondary N) is 1. The summed E-state index contributed by atoms with van der Waals surface area (Å²) >= 11 is 0. The first-order valence-corrected chi connectivity index (χ1v) is 13.5. The minimum Gasteiger partial charge on any atom is -0.340 e. The van der Waals surface area contributed by atoms with E-state index in [1.807, 2.05) is 30.9 Å². The molecule has 1 aromatic carbocycles. The van der Waals surface area contributed by atoms with E-state index in [2.05, 4.69) is 24.1 Å². The molecule has 2 heterocycles. The number of benzene rings is 1. The quantitative estimate of drug-likeness (QED) is 0.640. The van der Waals surface area contributed by atoms with E-state index in [0.717, 1.165) is 37.1 Å². The Hall–Kier alpha value is -1.48. The van der Waals surface area contributed by atoms with Gasteiger partial charge in [-0.05, 0) is 52.2 Å². The maximum absolute atomic E-state index is 13.7. The highest BCUT2D eigenvalue weighted by molar-refractivity contribution is 7.89. The lowest BCUT2D eigenvalue weighted by atomic mass is 9.98. The summed E-state index contributed by atoms with van der Waals surface area (Å²) in [6, 6.07) is 6.36. The molecule has 2 atom stereocenters. The second-order valence-corrected chi connectivity index (χ2v) is 11.3. The number of piperidine rings is 1. The molecule has 2 saturated heterocycles. The molecule has 0 bridgehead atoms. The fourth-order valence-corrected chi connectivity index (χ4v) is 6.65. The molecule has 0 aliphatic carbocycles. The molecule has 0 radical (unpaired) electrons. The predicted molar refractivity (Wildman–Crippen MR) is 128 cm³/mol. The molecular weight excluding hydrogens is 424 g/mol. The number of carbonyl (C=O) groups is 1. The average Bonchev–Trinajstić information content (AvgIpc) is 2.75. The lowest BCUT2D eigenvalue weighted by molar-refractivity contribution is -0.131. The predicted octanol–water partition coefficient (Wildman–Crippen LogP) is 2.38. The fraction of sp³-hybridized carbons (Fsp3) is 0.708. The second kappa shape index (κ2) is 11.1. The number of nitrogens with zero attached hydrogens (tertiary/aromatic N) is 3. The molecule has 1 N–H and O–H groups in total. The number of hydrogen-bond donors (Lipinski definition) is 1. The molecule has 3 rings (SSSR count). The van der Waals surface area contributed by atoms with Crippen LogP contribution in [0.3, 0.4) is 0 Å². The van der Waals surface area contributed by atoms with Crippen molar-refractivity contribution in [3.05, 3.63) is 29.3 Å². The van der Waals surface area contributed by atoms with Crippen LogP contribution >= 0.6 is 0 Å². The van der Waals surface area contributed by atoms with Gasteiger partial charge in [0.25, 0.3) is 0 Å². The standard InChI is InChI=1S/C24H40N4O3S/c1-19-8-9-23(20(2)18-19)32(30,31)27(13-10-24(29)26-14-11-25-12-15-26)16-17-28-21(3)6-5-7-22(28)4/h8-9,18,21-22,25H,5-7,10-17H2,1-4H3/t21-,22+. The number of rotatable bonds is 8. The SMILES string of the molecule is Cc1ccc(S(=O)(=O)N(CCC(=O)N2CCNCC2)CCN2[C@H](C)CCC[C@@H]2C)c(C)c1. The Kier molecular flexibility index (Phi) is 8.72. The Labute approximate surface area is 194 Å². The van der Waals surface area contributed by atoms with Crippen LogP contribution in [0.1, 0.15) is 50.7 Å². The number of likely N-dealkylation sites (tertiary alicyclic amines) is 1. The lowest BCUT2D eigenvalue weighted by Gasteiger charge is -2.40. The van der Waals surface area contributed by atoms with Crippen LogP contribution in [0.25, 0.3) is 0 Å². The topological polar surface area (TPSA) is 73.0 Å². The van der Waals surface area contributed by atoms with Crippen LogP contribution in [-0.2, 0) is 14.8 Å². The third-order valence-corrected chi connectivity index (χ3v) is 9.04. The second-order valence-electron chi connectivity index (χ2n) is 9.42. The van der Waals surface area contributed by atoms with Crippen molar-refractivity contribution in [3.63, 3.8) is 0 Å². The van der Waals surface area contributed by atoms with Gasteiger partial charge in [0, 0.05) is 64.3 Å². The summed E-state index contributed by atoms with van der Waals surface area (Å²) in [7, 11) is -3.69. The summed E-state index contributed by atoms with van der Waals surface area (Å²) in [5.41, 5.74) is 1.79. The number of sulfonamides is 1. The number of carbonyl (C=O) groups excluding carboxylic acids is 1. The zero-order valence-electron chi connectivity index (χ0n) is 20.1. The number of amides is 1. The summed E-state index contributed by atoms with van der Waals surface area (Å²) < 4.78 is 28.9. The van der Waals surface area contributed by atoms with Gasteiger partial charge in [-0.3, -0.25) is 9.69 Å². The molecular formula is C24H40N4O3S. The van der Waals surface area contributed by atoms with E-state index in [0.29, 0.717) is 43.2 Å². The molecule has 7 nitrogen and oxygen atoms in total. The monoisotopic (exact) mass is 464 g/mol. The van der Waals surface area contributed by atoms with Crippen LogP contribution in [0.2, 0.25) is 0 Å². The van der Waals surface area contributed by atoms with Crippen LogP contribution in [0.4, 0.5) is 0 Å². The molecule has 32 heavy (non-hydrogen) atoms. The highest BCUT2D eigenvalue weighted by Gasteiger charge is 2.30. The van der Waals surface area contributed by atoms with Gasteiger partial charge < -0.3 is 10.2 Å². The summed E-state index contributed by atoms with van der Waals surface area (Å²) in [6.45, 7) is 12.5. The molecule has 1 amide bonds. The van der Waals surface area contributed by atoms with E-state index in [4.69, 9.17) is 0 Å². The van der Waals surface area contributed by atoms with Crippen LogP contribution in [-0.4, -0.2) is 86.3 Å². The molecule has 2 fully saturated rings. The van der Waals surface area contributed by atoms with Crippen molar-refractivity contribution in [1.29, 1.82) is 0 Å². The van der Waals surface area contributed by atoms with Gasteiger partial charge in [0.15, 0.2) is 0 Å². The molecule has 0 spiro atoms. The van der Waals surface area contributed by atoms with Crippen LogP contribution in [0.5, 0.6) is 0 Å². The summed E-state index contributed by atoms with van der Waals surface area (Å²) in [4.78, 5) is 17.4. The normalized spacial score (nSPS) is 23.0. The Bertz CT molecular complexity index is 873. The van der Waals surface area contributed by atoms with Crippen LogP contribution in [0.15, 0.2) is 23.1 Å². The first-order chi connectivity index (χ1) is 15.2. The number of hydrogen-bond acceptors (Lipinski definition) is 5. The Balaban J connectivity index is 1.77. The minimum atomic E-state index is -3.69. The van der Waals surface area contributed by atoms with Crippen molar-refractivity contribution in [1.82, 2.24) is 19.4 Å². The van der Waals surface area contributed by atoms with Gasteiger partial charge >= 0.3 is 0 Å². The van der Waals surface area contributed by atoms with Gasteiger partial charge in [-0.15, -0.1) is 0 Å². The van der Waals surface area contributed by atoms with Gasteiger partial charge in [0.05, 0.1) is 4.90 Å². The largest absolute Gasteiger partial charge is 0.340 e. The summed E-state index contributed by atoms with van der Waals surface area (Å²) in [5.74, 6) is 0.0343. The van der Waals surface area contributed by atoms with Crippen molar-refractivity contribution in [2.24, 2.45) is 0 Å². The number of piperazine rings is 1. The molecule has 180 valence electrons. The molecule has 8 heteroatoms. The van der Waals surface area contributed by atoms with E-state index >= 15 is 0 Å². The first-order valence-electron chi connectivity index (χ1n) is 12.0. The minimum absolute atomic E-state index is 0.0343. The Morgan fingerprint density at radius 3 is 2.38 bits per heavy atom. The van der Waals surface area contributed by atoms with Crippen molar-refractivity contribution in [3.8, 4) is 0 Å². The van der Waals surface area contributed by atoms with Gasteiger partial charge in [-0.2, -0.15) is 4.31 Å². The first kappa shape index (κ1) is 25.1. The van der Waals surface area contributed by atoms with Gasteiger partial charge in [-0.1, -0.05) is 24.1 Å². The summed E-state index contributed by atoms with van der Waals surface area (Å²) in [6.07, 6.45) is 3.74.